The van der Waals surface area contributed by atoms with E-state index >= 15 is 0 Å². The van der Waals surface area contributed by atoms with E-state index < -0.39 is 0 Å². The summed E-state index contributed by atoms with van der Waals surface area (Å²) in [6.07, 6.45) is 5.60. The number of nitrogens with zero attached hydrogens (tertiary/aromatic N) is 5. The maximum Gasteiger partial charge on any atom is 0.332 e. The van der Waals surface area contributed by atoms with Crippen LogP contribution in [-0.2, 0) is 20.1 Å². The second-order valence-corrected chi connectivity index (χ2v) is 7.46. The number of hydrogen-bond acceptors (Lipinski definition) is 5. The van der Waals surface area contributed by atoms with Crippen molar-refractivity contribution >= 4 is 34.7 Å². The van der Waals surface area contributed by atoms with Crippen molar-refractivity contribution < 1.29 is 0 Å². The van der Waals surface area contributed by atoms with Crippen LogP contribution in [0.3, 0.4) is 0 Å². The maximum atomic E-state index is 12.8. The van der Waals surface area contributed by atoms with Gasteiger partial charge in [0.25, 0.3) is 5.56 Å². The summed E-state index contributed by atoms with van der Waals surface area (Å²) in [6.45, 7) is 4.45. The molecule has 0 spiro atoms. The highest BCUT2D eigenvalue weighted by molar-refractivity contribution is 7.13. The Morgan fingerprint density at radius 2 is 1.76 bits per heavy atom. The Hall–Kier alpha value is -3.26. The lowest BCUT2D eigenvalue weighted by molar-refractivity contribution is 0.604. The van der Waals surface area contributed by atoms with Crippen LogP contribution in [0.4, 0.5) is 0 Å². The van der Waals surface area contributed by atoms with Gasteiger partial charge in [-0.1, -0.05) is 30.3 Å². The van der Waals surface area contributed by atoms with Gasteiger partial charge in [0.1, 0.15) is 10.8 Å². The Balaban J connectivity index is 1.75. The van der Waals surface area contributed by atoms with Crippen LogP contribution in [0, 0.1) is 0 Å². The van der Waals surface area contributed by atoms with Crippen LogP contribution in [-0.4, -0.2) is 23.7 Å². The van der Waals surface area contributed by atoms with Crippen molar-refractivity contribution in [1.82, 2.24) is 23.7 Å². The van der Waals surface area contributed by atoms with Crippen LogP contribution < -0.4 is 11.2 Å². The third kappa shape index (κ3) is 3.25. The highest BCUT2D eigenvalue weighted by Gasteiger charge is 2.17. The van der Waals surface area contributed by atoms with Crippen molar-refractivity contribution in [2.75, 3.05) is 0 Å². The van der Waals surface area contributed by atoms with E-state index in [9.17, 15) is 9.59 Å². The first-order chi connectivity index (χ1) is 14.0. The number of aromatic nitrogens is 5. The summed E-state index contributed by atoms with van der Waals surface area (Å²) in [4.78, 5) is 34.2. The van der Waals surface area contributed by atoms with E-state index in [0.717, 1.165) is 16.1 Å². The zero-order valence-electron chi connectivity index (χ0n) is 16.5. The van der Waals surface area contributed by atoms with Gasteiger partial charge in [0, 0.05) is 37.3 Å². The summed E-state index contributed by atoms with van der Waals surface area (Å²) in [7, 11) is 1.80. The summed E-state index contributed by atoms with van der Waals surface area (Å²) in [5.41, 5.74) is 2.32. The zero-order valence-corrected chi connectivity index (χ0v) is 17.3. The number of rotatable bonds is 5. The van der Waals surface area contributed by atoms with E-state index in [4.69, 9.17) is 0 Å². The molecule has 0 unspecified atom stereocenters. The van der Waals surface area contributed by atoms with Gasteiger partial charge in [0.05, 0.1) is 0 Å². The molecule has 0 aliphatic heterocycles. The molecule has 8 heteroatoms. The molecule has 0 aliphatic carbocycles. The predicted molar refractivity (Wildman–Crippen MR) is 117 cm³/mol. The number of hydrogen-bond donors (Lipinski definition) is 0. The second kappa shape index (κ2) is 7.63. The van der Waals surface area contributed by atoms with Gasteiger partial charge in [-0.25, -0.2) is 14.8 Å². The number of thiazole rings is 1. The molecule has 0 saturated heterocycles. The van der Waals surface area contributed by atoms with Crippen LogP contribution in [0.25, 0.3) is 33.9 Å². The first kappa shape index (κ1) is 19.1. The largest absolute Gasteiger partial charge is 0.332 e. The number of benzene rings is 1. The number of fused-ring (bicyclic) bond motifs is 1. The van der Waals surface area contributed by atoms with Crippen LogP contribution >= 0.6 is 11.3 Å². The molecule has 4 aromatic rings. The molecule has 0 saturated carbocycles. The summed E-state index contributed by atoms with van der Waals surface area (Å²) in [5.74, 6) is 0.622. The molecule has 3 heterocycles. The highest BCUT2D eigenvalue weighted by atomic mass is 32.1. The van der Waals surface area contributed by atoms with E-state index in [-0.39, 0.29) is 11.2 Å². The number of imidazole rings is 1. The molecule has 0 aliphatic rings. The zero-order chi connectivity index (χ0) is 20.5. The minimum absolute atomic E-state index is 0.306. The Morgan fingerprint density at radius 3 is 2.38 bits per heavy atom. The third-order valence-corrected chi connectivity index (χ3v) is 5.75. The van der Waals surface area contributed by atoms with E-state index in [1.54, 1.807) is 40.6 Å². The standard InChI is InChI=1S/C21H21N5O2S/c1-4-25-18-17(20(27)26(5-2)21(25)28)24(3)16(23-18)11-8-14-6-9-15(10-7-14)19-22-12-13-29-19/h6-13H,4-5H2,1-3H3. The fourth-order valence-corrected chi connectivity index (χ4v) is 4.01. The average molecular weight is 407 g/mol. The van der Waals surface area contributed by atoms with E-state index in [1.165, 1.54) is 4.57 Å². The molecule has 3 aromatic heterocycles. The van der Waals surface area contributed by atoms with E-state index in [0.29, 0.717) is 30.1 Å². The van der Waals surface area contributed by atoms with Gasteiger partial charge in [-0.2, -0.15) is 0 Å². The molecule has 29 heavy (non-hydrogen) atoms. The van der Waals surface area contributed by atoms with Gasteiger partial charge in [0.2, 0.25) is 0 Å². The topological polar surface area (TPSA) is 74.7 Å². The van der Waals surface area contributed by atoms with E-state index in [1.807, 2.05) is 48.7 Å². The molecule has 0 N–H and O–H groups in total. The Kier molecular flexibility index (Phi) is 5.02. The van der Waals surface area contributed by atoms with Gasteiger partial charge in [0.15, 0.2) is 11.2 Å². The van der Waals surface area contributed by atoms with Crippen molar-refractivity contribution in [3.8, 4) is 10.6 Å². The molecule has 0 radical (unpaired) electrons. The lowest BCUT2D eigenvalue weighted by Gasteiger charge is -2.08. The van der Waals surface area contributed by atoms with Crippen molar-refractivity contribution in [2.45, 2.75) is 26.9 Å². The lowest BCUT2D eigenvalue weighted by Crippen LogP contribution is -2.39. The Labute approximate surface area is 171 Å². The average Bonchev–Trinajstić information content (AvgIpc) is 3.36. The summed E-state index contributed by atoms with van der Waals surface area (Å²) >= 11 is 1.60. The molecular weight excluding hydrogens is 386 g/mol. The van der Waals surface area contributed by atoms with E-state index in [2.05, 4.69) is 9.97 Å². The van der Waals surface area contributed by atoms with Crippen LogP contribution in [0.2, 0.25) is 0 Å². The first-order valence-corrected chi connectivity index (χ1v) is 10.3. The van der Waals surface area contributed by atoms with Crippen LogP contribution in [0.5, 0.6) is 0 Å². The molecule has 148 valence electrons. The molecule has 1 aromatic carbocycles. The normalized spacial score (nSPS) is 11.7. The van der Waals surface area contributed by atoms with Crippen molar-refractivity contribution in [3.05, 3.63) is 68.1 Å². The lowest BCUT2D eigenvalue weighted by atomic mass is 10.1. The van der Waals surface area contributed by atoms with Gasteiger partial charge >= 0.3 is 5.69 Å². The third-order valence-electron chi connectivity index (χ3n) is 4.92. The van der Waals surface area contributed by atoms with Gasteiger partial charge in [-0.05, 0) is 25.5 Å². The Morgan fingerprint density at radius 1 is 1.03 bits per heavy atom. The summed E-state index contributed by atoms with van der Waals surface area (Å²) in [6, 6.07) is 8.09. The molecule has 0 atom stereocenters. The molecular formula is C21H21N5O2S. The number of aryl methyl sites for hydroxylation is 2. The predicted octanol–water partition coefficient (Wildman–Crippen LogP) is 3.23. The molecule has 7 nitrogen and oxygen atoms in total. The Bertz CT molecular complexity index is 1310. The molecule has 0 fully saturated rings. The monoisotopic (exact) mass is 407 g/mol. The minimum atomic E-state index is -0.320. The quantitative estimate of drug-likeness (QED) is 0.509. The fourth-order valence-electron chi connectivity index (χ4n) is 3.37. The molecule has 0 amide bonds. The van der Waals surface area contributed by atoms with Gasteiger partial charge < -0.3 is 4.57 Å². The van der Waals surface area contributed by atoms with Gasteiger partial charge in [-0.15, -0.1) is 11.3 Å². The van der Waals surface area contributed by atoms with Crippen LogP contribution in [0.15, 0.2) is 45.4 Å². The summed E-state index contributed by atoms with van der Waals surface area (Å²) in [5, 5.41) is 2.94. The van der Waals surface area contributed by atoms with Gasteiger partial charge in [-0.3, -0.25) is 13.9 Å². The first-order valence-electron chi connectivity index (χ1n) is 9.43. The van der Waals surface area contributed by atoms with Crippen molar-refractivity contribution in [1.29, 1.82) is 0 Å². The fraction of sp³-hybridized carbons (Fsp3) is 0.238. The van der Waals surface area contributed by atoms with Crippen molar-refractivity contribution in [2.24, 2.45) is 7.05 Å². The highest BCUT2D eigenvalue weighted by Crippen LogP contribution is 2.22. The maximum absolute atomic E-state index is 12.8. The van der Waals surface area contributed by atoms with Crippen molar-refractivity contribution in [3.63, 3.8) is 0 Å². The second-order valence-electron chi connectivity index (χ2n) is 6.57. The smallest absolute Gasteiger partial charge is 0.322 e. The van der Waals surface area contributed by atoms with Crippen LogP contribution in [0.1, 0.15) is 25.2 Å². The molecule has 4 rings (SSSR count). The molecule has 0 bridgehead atoms. The minimum Gasteiger partial charge on any atom is -0.322 e. The summed E-state index contributed by atoms with van der Waals surface area (Å²) < 4.78 is 4.54. The SMILES string of the molecule is CCn1c(=O)c2c(nc(C=Cc3ccc(-c4nccs4)cc3)n2C)n(CC)c1=O.